The van der Waals surface area contributed by atoms with E-state index in [1.165, 1.54) is 18.2 Å². The Hall–Kier alpha value is -1.62. The maximum Gasteiger partial charge on any atom is 0.345 e. The fourth-order valence-corrected chi connectivity index (χ4v) is 1.43. The largest absolute Gasteiger partial charge is 0.462 e. The summed E-state index contributed by atoms with van der Waals surface area (Å²) in [6.45, 7) is 3.96. The second-order valence-electron chi connectivity index (χ2n) is 3.89. The van der Waals surface area contributed by atoms with Crippen molar-refractivity contribution in [1.29, 1.82) is 0 Å². The van der Waals surface area contributed by atoms with Crippen molar-refractivity contribution >= 4 is 23.3 Å². The van der Waals surface area contributed by atoms with E-state index in [0.717, 1.165) is 0 Å². The Morgan fingerprint density at radius 2 is 2.18 bits per heavy atom. The number of benzene rings is 1. The number of carbonyl (C=O) groups excluding carboxylic acids is 1. The van der Waals surface area contributed by atoms with Gasteiger partial charge in [-0.05, 0) is 18.1 Å². The van der Waals surface area contributed by atoms with E-state index in [9.17, 15) is 14.9 Å². The molecular formula is C11H12ClNO4. The van der Waals surface area contributed by atoms with E-state index in [1.54, 1.807) is 0 Å². The van der Waals surface area contributed by atoms with Crippen LogP contribution < -0.4 is 0 Å². The highest BCUT2D eigenvalue weighted by Gasteiger charge is 2.24. The quantitative estimate of drug-likeness (QED) is 0.472. The monoisotopic (exact) mass is 257 g/mol. The molecule has 0 aromatic heterocycles. The highest BCUT2D eigenvalue weighted by Crippen LogP contribution is 2.28. The minimum atomic E-state index is -0.729. The smallest absolute Gasteiger partial charge is 0.345 e. The van der Waals surface area contributed by atoms with Crippen molar-refractivity contribution in [3.63, 3.8) is 0 Å². The number of halogens is 1. The molecule has 0 saturated heterocycles. The number of esters is 1. The van der Waals surface area contributed by atoms with Crippen LogP contribution in [0.5, 0.6) is 0 Å². The van der Waals surface area contributed by atoms with E-state index >= 15 is 0 Å². The van der Waals surface area contributed by atoms with Crippen LogP contribution in [0, 0.1) is 16.0 Å². The van der Waals surface area contributed by atoms with Crippen molar-refractivity contribution in [3.05, 3.63) is 38.9 Å². The summed E-state index contributed by atoms with van der Waals surface area (Å²) in [5.41, 5.74) is -0.536. The summed E-state index contributed by atoms with van der Waals surface area (Å²) in [4.78, 5) is 21.8. The molecule has 0 aliphatic carbocycles. The highest BCUT2D eigenvalue weighted by atomic mass is 35.5. The lowest BCUT2D eigenvalue weighted by Gasteiger charge is -2.07. The third-order valence-electron chi connectivity index (χ3n) is 1.94. The molecule has 17 heavy (non-hydrogen) atoms. The molecule has 0 heterocycles. The molecule has 0 atom stereocenters. The van der Waals surface area contributed by atoms with Gasteiger partial charge in [0.05, 0.1) is 11.5 Å². The van der Waals surface area contributed by atoms with Crippen LogP contribution in [0.1, 0.15) is 24.2 Å². The molecule has 0 bridgehead atoms. The summed E-state index contributed by atoms with van der Waals surface area (Å²) in [6.07, 6.45) is 0. The molecule has 0 unspecified atom stereocenters. The summed E-state index contributed by atoms with van der Waals surface area (Å²) in [5, 5.41) is 10.7. The zero-order valence-electron chi connectivity index (χ0n) is 9.47. The fraction of sp³-hybridized carbons (Fsp3) is 0.364. The zero-order chi connectivity index (χ0) is 13.0. The number of hydrogen-bond acceptors (Lipinski definition) is 4. The van der Waals surface area contributed by atoms with Gasteiger partial charge in [0.2, 0.25) is 0 Å². The van der Waals surface area contributed by atoms with Crippen LogP contribution in [0.2, 0.25) is 5.02 Å². The van der Waals surface area contributed by atoms with Crippen LogP contribution in [0.25, 0.3) is 0 Å². The molecule has 6 heteroatoms. The van der Waals surface area contributed by atoms with Crippen molar-refractivity contribution < 1.29 is 14.5 Å². The first-order valence-corrected chi connectivity index (χ1v) is 5.41. The molecule has 0 aliphatic rings. The van der Waals surface area contributed by atoms with Gasteiger partial charge < -0.3 is 4.74 Å². The maximum absolute atomic E-state index is 11.6. The first-order chi connectivity index (χ1) is 7.93. The minimum Gasteiger partial charge on any atom is -0.462 e. The van der Waals surface area contributed by atoms with Gasteiger partial charge in [-0.25, -0.2) is 4.79 Å². The van der Waals surface area contributed by atoms with Gasteiger partial charge in [-0.3, -0.25) is 10.1 Å². The van der Waals surface area contributed by atoms with Gasteiger partial charge in [0.1, 0.15) is 10.6 Å². The lowest BCUT2D eigenvalue weighted by molar-refractivity contribution is -0.385. The molecule has 0 N–H and O–H groups in total. The predicted octanol–water partition coefficient (Wildman–Crippen LogP) is 3.06. The number of nitrogens with zero attached hydrogens (tertiary/aromatic N) is 1. The Balaban J connectivity index is 3.01. The highest BCUT2D eigenvalue weighted by molar-refractivity contribution is 6.33. The molecule has 0 amide bonds. The van der Waals surface area contributed by atoms with E-state index in [2.05, 4.69) is 0 Å². The number of hydrogen-bond donors (Lipinski definition) is 0. The molecule has 5 nitrogen and oxygen atoms in total. The van der Waals surface area contributed by atoms with E-state index in [4.69, 9.17) is 16.3 Å². The van der Waals surface area contributed by atoms with Crippen LogP contribution in [0.3, 0.4) is 0 Å². The normalized spacial score (nSPS) is 10.4. The van der Waals surface area contributed by atoms with E-state index in [-0.39, 0.29) is 23.1 Å². The van der Waals surface area contributed by atoms with E-state index in [0.29, 0.717) is 0 Å². The summed E-state index contributed by atoms with van der Waals surface area (Å²) in [7, 11) is 0. The third kappa shape index (κ3) is 3.42. The maximum atomic E-state index is 11.6. The first-order valence-electron chi connectivity index (χ1n) is 5.03. The topological polar surface area (TPSA) is 69.4 Å². The number of rotatable bonds is 4. The number of para-hydroxylation sites is 1. The number of nitro groups is 1. The molecule has 0 spiro atoms. The van der Waals surface area contributed by atoms with Crippen LogP contribution in [0.15, 0.2) is 18.2 Å². The lowest BCUT2D eigenvalue weighted by atomic mass is 10.2. The summed E-state index contributed by atoms with van der Waals surface area (Å²) in [6, 6.07) is 4.16. The fourth-order valence-electron chi connectivity index (χ4n) is 1.19. The number of ether oxygens (including phenoxy) is 1. The Bertz CT molecular complexity index is 445. The van der Waals surface area contributed by atoms with Crippen LogP contribution in [0.4, 0.5) is 5.69 Å². The SMILES string of the molecule is CC(C)COC(=O)c1cccc(Cl)c1[N+](=O)[O-]. The van der Waals surface area contributed by atoms with Gasteiger partial charge in [-0.1, -0.05) is 31.5 Å². The molecule has 1 aromatic rings. The molecule has 0 aliphatic heterocycles. The molecule has 0 radical (unpaired) electrons. The predicted molar refractivity (Wildman–Crippen MR) is 63.2 cm³/mol. The molecule has 0 fully saturated rings. The molecule has 1 rings (SSSR count). The number of nitro benzene ring substituents is 1. The Labute approximate surface area is 103 Å². The van der Waals surface area contributed by atoms with Gasteiger partial charge >= 0.3 is 11.7 Å². The van der Waals surface area contributed by atoms with Crippen LogP contribution in [-0.2, 0) is 4.74 Å². The average Bonchev–Trinajstić information content (AvgIpc) is 2.24. The zero-order valence-corrected chi connectivity index (χ0v) is 10.2. The third-order valence-corrected chi connectivity index (χ3v) is 2.24. The summed E-state index contributed by atoms with van der Waals surface area (Å²) in [5.74, 6) is -0.565. The molecule has 92 valence electrons. The van der Waals surface area contributed by atoms with Gasteiger partial charge in [0, 0.05) is 0 Å². The molecular weight excluding hydrogens is 246 g/mol. The van der Waals surface area contributed by atoms with E-state index in [1.807, 2.05) is 13.8 Å². The summed E-state index contributed by atoms with van der Waals surface area (Å²) >= 11 is 5.68. The van der Waals surface area contributed by atoms with Gasteiger partial charge in [-0.15, -0.1) is 0 Å². The second-order valence-corrected chi connectivity index (χ2v) is 4.29. The minimum absolute atomic E-state index is 0.0750. The molecule has 1 aromatic carbocycles. The first kappa shape index (κ1) is 13.4. The standard InChI is InChI=1S/C11H12ClNO4/c1-7(2)6-17-11(14)8-4-3-5-9(12)10(8)13(15)16/h3-5,7H,6H2,1-2H3. The van der Waals surface area contributed by atoms with Crippen molar-refractivity contribution in [1.82, 2.24) is 0 Å². The van der Waals surface area contributed by atoms with Crippen molar-refractivity contribution in [2.45, 2.75) is 13.8 Å². The Morgan fingerprint density at radius 1 is 1.53 bits per heavy atom. The van der Waals surface area contributed by atoms with Gasteiger partial charge in [-0.2, -0.15) is 0 Å². The Morgan fingerprint density at radius 3 is 2.71 bits per heavy atom. The van der Waals surface area contributed by atoms with Crippen molar-refractivity contribution in [2.75, 3.05) is 6.61 Å². The summed E-state index contributed by atoms with van der Waals surface area (Å²) < 4.78 is 4.93. The lowest BCUT2D eigenvalue weighted by Crippen LogP contribution is -2.12. The van der Waals surface area contributed by atoms with Gasteiger partial charge in [0.15, 0.2) is 0 Å². The van der Waals surface area contributed by atoms with Crippen LogP contribution in [-0.4, -0.2) is 17.5 Å². The van der Waals surface area contributed by atoms with Crippen molar-refractivity contribution in [3.8, 4) is 0 Å². The number of carbonyl (C=O) groups is 1. The van der Waals surface area contributed by atoms with Crippen molar-refractivity contribution in [2.24, 2.45) is 5.92 Å². The second kappa shape index (κ2) is 5.63. The van der Waals surface area contributed by atoms with Gasteiger partial charge in [0.25, 0.3) is 0 Å². The van der Waals surface area contributed by atoms with E-state index < -0.39 is 16.6 Å². The molecule has 0 saturated carbocycles. The average molecular weight is 258 g/mol. The van der Waals surface area contributed by atoms with Crippen LogP contribution >= 0.6 is 11.6 Å². The Kier molecular flexibility index (Phi) is 4.45.